The fraction of sp³-hybridized carbons (Fsp3) is 0.235. The highest BCUT2D eigenvalue weighted by molar-refractivity contribution is 6.14. The summed E-state index contributed by atoms with van der Waals surface area (Å²) in [4.78, 5) is 29.1. The normalized spacial score (nSPS) is 16.3. The van der Waals surface area contributed by atoms with Gasteiger partial charge in [0.2, 0.25) is 0 Å². The maximum atomic E-state index is 12.2. The number of nitrogens with zero attached hydrogens (tertiary/aromatic N) is 3. The van der Waals surface area contributed by atoms with E-state index in [4.69, 9.17) is 0 Å². The summed E-state index contributed by atoms with van der Waals surface area (Å²) in [5, 5.41) is 2.63. The number of likely N-dealkylation sites (N-methyl/N-ethyl adjacent to an activating group) is 1. The first kappa shape index (κ1) is 15.0. The van der Waals surface area contributed by atoms with Crippen LogP contribution >= 0.6 is 0 Å². The summed E-state index contributed by atoms with van der Waals surface area (Å²) in [5.41, 5.74) is 4.27. The summed E-state index contributed by atoms with van der Waals surface area (Å²) in [6.07, 6.45) is 5.22. The third-order valence-electron chi connectivity index (χ3n) is 3.97. The molecule has 6 heteroatoms. The van der Waals surface area contributed by atoms with Gasteiger partial charge in [0.1, 0.15) is 5.70 Å². The Morgan fingerprint density at radius 1 is 1.22 bits per heavy atom. The molecule has 0 spiro atoms. The Balaban J connectivity index is 2.02. The van der Waals surface area contributed by atoms with Crippen molar-refractivity contribution in [3.05, 3.63) is 53.2 Å². The fourth-order valence-corrected chi connectivity index (χ4v) is 2.84. The van der Waals surface area contributed by atoms with Crippen molar-refractivity contribution in [2.45, 2.75) is 20.8 Å². The van der Waals surface area contributed by atoms with Crippen LogP contribution < -0.4 is 5.32 Å². The predicted octanol–water partition coefficient (Wildman–Crippen LogP) is 2.40. The molecule has 0 aliphatic carbocycles. The van der Waals surface area contributed by atoms with E-state index in [-0.39, 0.29) is 11.9 Å². The van der Waals surface area contributed by atoms with Gasteiger partial charge in [-0.25, -0.2) is 4.79 Å². The average Bonchev–Trinajstić information content (AvgIpc) is 2.96. The SMILES string of the molecule is CCN1C(=O)N/C(=C/c2cc(C)n(-c3ccncc3)c2C)C1=O. The molecular formula is C17H18N4O2. The van der Waals surface area contributed by atoms with Crippen molar-refractivity contribution in [3.63, 3.8) is 0 Å². The van der Waals surface area contributed by atoms with Gasteiger partial charge in [-0.2, -0.15) is 0 Å². The van der Waals surface area contributed by atoms with Crippen LogP contribution in [0, 0.1) is 13.8 Å². The second-order valence-corrected chi connectivity index (χ2v) is 5.40. The molecule has 23 heavy (non-hydrogen) atoms. The van der Waals surface area contributed by atoms with Gasteiger partial charge in [0.05, 0.1) is 0 Å². The topological polar surface area (TPSA) is 67.2 Å². The average molecular weight is 310 g/mol. The molecule has 3 heterocycles. The molecule has 1 aliphatic heterocycles. The highest BCUT2D eigenvalue weighted by Crippen LogP contribution is 2.23. The monoisotopic (exact) mass is 310 g/mol. The lowest BCUT2D eigenvalue weighted by Gasteiger charge is -2.09. The standard InChI is InChI=1S/C17H18N4O2/c1-4-20-16(22)15(19-17(20)23)10-13-9-11(2)21(12(13)3)14-5-7-18-8-6-14/h5-10H,4H2,1-3H3,(H,19,23)/b15-10+. The molecule has 0 bridgehead atoms. The predicted molar refractivity (Wildman–Crippen MR) is 86.9 cm³/mol. The van der Waals surface area contributed by atoms with E-state index in [2.05, 4.69) is 14.9 Å². The number of carbonyl (C=O) groups excluding carboxylic acids is 2. The minimum atomic E-state index is -0.369. The van der Waals surface area contributed by atoms with E-state index in [1.807, 2.05) is 32.0 Å². The second kappa shape index (κ2) is 5.72. The van der Waals surface area contributed by atoms with Crippen LogP contribution in [-0.2, 0) is 4.79 Å². The third-order valence-corrected chi connectivity index (χ3v) is 3.97. The van der Waals surface area contributed by atoms with Gasteiger partial charge in [0.15, 0.2) is 0 Å². The minimum Gasteiger partial charge on any atom is -0.318 e. The first-order valence-electron chi connectivity index (χ1n) is 7.46. The van der Waals surface area contributed by atoms with Crippen LogP contribution in [0.1, 0.15) is 23.9 Å². The smallest absolute Gasteiger partial charge is 0.318 e. The van der Waals surface area contributed by atoms with Crippen LogP contribution in [-0.4, -0.2) is 32.9 Å². The number of urea groups is 1. The molecule has 2 aromatic rings. The summed E-state index contributed by atoms with van der Waals surface area (Å²) < 4.78 is 2.09. The van der Waals surface area contributed by atoms with Crippen LogP contribution in [0.5, 0.6) is 0 Å². The maximum absolute atomic E-state index is 12.2. The lowest BCUT2D eigenvalue weighted by molar-refractivity contribution is -0.122. The quantitative estimate of drug-likeness (QED) is 0.699. The van der Waals surface area contributed by atoms with E-state index < -0.39 is 0 Å². The molecule has 0 radical (unpaired) electrons. The maximum Gasteiger partial charge on any atom is 0.328 e. The fourth-order valence-electron chi connectivity index (χ4n) is 2.84. The van der Waals surface area contributed by atoms with Gasteiger partial charge >= 0.3 is 6.03 Å². The molecule has 3 amide bonds. The number of hydrogen-bond donors (Lipinski definition) is 1. The van der Waals surface area contributed by atoms with Gasteiger partial charge in [-0.1, -0.05) is 0 Å². The van der Waals surface area contributed by atoms with Gasteiger partial charge in [0, 0.05) is 36.0 Å². The van der Waals surface area contributed by atoms with E-state index in [0.29, 0.717) is 12.2 Å². The molecule has 6 nitrogen and oxygen atoms in total. The first-order chi connectivity index (χ1) is 11.0. The van der Waals surface area contributed by atoms with E-state index in [1.54, 1.807) is 25.4 Å². The molecule has 0 unspecified atom stereocenters. The van der Waals surface area contributed by atoms with E-state index in [1.165, 1.54) is 4.90 Å². The van der Waals surface area contributed by atoms with Crippen molar-refractivity contribution >= 4 is 18.0 Å². The van der Waals surface area contributed by atoms with E-state index in [0.717, 1.165) is 22.6 Å². The Morgan fingerprint density at radius 2 is 1.91 bits per heavy atom. The Bertz CT molecular complexity index is 806. The lowest BCUT2D eigenvalue weighted by Crippen LogP contribution is -2.30. The van der Waals surface area contributed by atoms with Crippen molar-refractivity contribution in [1.29, 1.82) is 0 Å². The second-order valence-electron chi connectivity index (χ2n) is 5.40. The van der Waals surface area contributed by atoms with E-state index >= 15 is 0 Å². The summed E-state index contributed by atoms with van der Waals surface area (Å²) in [7, 11) is 0. The van der Waals surface area contributed by atoms with Gasteiger partial charge < -0.3 is 9.88 Å². The van der Waals surface area contributed by atoms with Gasteiger partial charge in [0.25, 0.3) is 5.91 Å². The molecule has 0 aromatic carbocycles. The molecule has 3 rings (SSSR count). The zero-order valence-electron chi connectivity index (χ0n) is 13.3. The Hall–Kier alpha value is -2.89. The van der Waals surface area contributed by atoms with Gasteiger partial charge in [-0.3, -0.25) is 14.7 Å². The number of rotatable bonds is 3. The molecule has 1 fully saturated rings. The lowest BCUT2D eigenvalue weighted by atomic mass is 10.2. The van der Waals surface area contributed by atoms with Crippen molar-refractivity contribution in [2.75, 3.05) is 6.54 Å². The molecule has 1 saturated heterocycles. The zero-order chi connectivity index (χ0) is 16.6. The number of pyridine rings is 1. The van der Waals surface area contributed by atoms with Gasteiger partial charge in [-0.15, -0.1) is 0 Å². The number of amides is 3. The Kier molecular flexibility index (Phi) is 3.73. The van der Waals surface area contributed by atoms with Crippen molar-refractivity contribution in [3.8, 4) is 5.69 Å². The highest BCUT2D eigenvalue weighted by atomic mass is 16.2. The number of aryl methyl sites for hydroxylation is 1. The van der Waals surface area contributed by atoms with Gasteiger partial charge in [-0.05, 0) is 50.6 Å². The number of aromatic nitrogens is 2. The molecule has 0 atom stereocenters. The number of hydrogen-bond acceptors (Lipinski definition) is 3. The number of carbonyl (C=O) groups is 2. The van der Waals surface area contributed by atoms with Crippen molar-refractivity contribution in [2.24, 2.45) is 0 Å². The first-order valence-corrected chi connectivity index (χ1v) is 7.46. The highest BCUT2D eigenvalue weighted by Gasteiger charge is 2.32. The molecular weight excluding hydrogens is 292 g/mol. The Morgan fingerprint density at radius 3 is 2.52 bits per heavy atom. The molecule has 118 valence electrons. The van der Waals surface area contributed by atoms with Crippen molar-refractivity contribution < 1.29 is 9.59 Å². The summed E-state index contributed by atoms with van der Waals surface area (Å²) >= 11 is 0. The number of nitrogens with one attached hydrogen (secondary N) is 1. The summed E-state index contributed by atoms with van der Waals surface area (Å²) in [5.74, 6) is -0.286. The molecule has 2 aromatic heterocycles. The zero-order valence-corrected chi connectivity index (χ0v) is 13.3. The van der Waals surface area contributed by atoms with Crippen molar-refractivity contribution in [1.82, 2.24) is 19.8 Å². The minimum absolute atomic E-state index is 0.286. The van der Waals surface area contributed by atoms with Crippen LogP contribution in [0.15, 0.2) is 36.3 Å². The molecule has 0 saturated carbocycles. The van der Waals surface area contributed by atoms with Crippen LogP contribution in [0.3, 0.4) is 0 Å². The summed E-state index contributed by atoms with van der Waals surface area (Å²) in [6.45, 7) is 6.12. The Labute approximate surface area is 134 Å². The van der Waals surface area contributed by atoms with Crippen LogP contribution in [0.2, 0.25) is 0 Å². The number of imide groups is 1. The third kappa shape index (κ3) is 2.52. The molecule has 1 N–H and O–H groups in total. The summed E-state index contributed by atoms with van der Waals surface area (Å²) in [6, 6.07) is 5.49. The van der Waals surface area contributed by atoms with E-state index in [9.17, 15) is 9.59 Å². The molecule has 1 aliphatic rings. The van der Waals surface area contributed by atoms with Crippen LogP contribution in [0.4, 0.5) is 4.79 Å². The van der Waals surface area contributed by atoms with Crippen LogP contribution in [0.25, 0.3) is 11.8 Å². The largest absolute Gasteiger partial charge is 0.328 e.